The Balaban J connectivity index is 1.27. The molecule has 178 valence electrons. The molecule has 2 amide bonds. The number of hydrogen-bond donors (Lipinski definition) is 2. The number of rotatable bonds is 7. The van der Waals surface area contributed by atoms with E-state index in [1.54, 1.807) is 54.6 Å². The van der Waals surface area contributed by atoms with Gasteiger partial charge in [-0.1, -0.05) is 23.7 Å². The van der Waals surface area contributed by atoms with Crippen LogP contribution in [0.15, 0.2) is 77.9 Å². The molecule has 1 heterocycles. The standard InChI is InChI=1S/C26H23ClN4O4/c1-17-15-19(27)10-13-23(17)35-14-4-7-24(32)29-30-25(33)18-8-11-20(12-9-18)31-16-28-22-6-3-2-5-21(22)26(31)34/h2-3,5-6,8-13,15-16H,4,7,14H2,1H3,(H,29,32)(H,30,33). The zero-order chi connectivity index (χ0) is 24.8. The Kier molecular flexibility index (Phi) is 7.42. The molecule has 1 aromatic heterocycles. The lowest BCUT2D eigenvalue weighted by molar-refractivity contribution is -0.122. The summed E-state index contributed by atoms with van der Waals surface area (Å²) in [6, 6.07) is 18.9. The number of fused-ring (bicyclic) bond motifs is 1. The molecule has 0 radical (unpaired) electrons. The average molecular weight is 491 g/mol. The summed E-state index contributed by atoms with van der Waals surface area (Å²) in [7, 11) is 0. The van der Waals surface area contributed by atoms with Gasteiger partial charge in [-0.2, -0.15) is 0 Å². The zero-order valence-corrected chi connectivity index (χ0v) is 19.7. The second kappa shape index (κ2) is 10.8. The number of carbonyl (C=O) groups is 2. The normalized spacial score (nSPS) is 10.7. The van der Waals surface area contributed by atoms with Crippen LogP contribution in [-0.2, 0) is 4.79 Å². The smallest absolute Gasteiger partial charge is 0.269 e. The van der Waals surface area contributed by atoms with Gasteiger partial charge in [-0.25, -0.2) is 4.98 Å². The Bertz CT molecular complexity index is 1430. The predicted octanol–water partition coefficient (Wildman–Crippen LogP) is 3.97. The van der Waals surface area contributed by atoms with Crippen LogP contribution in [0.2, 0.25) is 5.02 Å². The van der Waals surface area contributed by atoms with E-state index in [2.05, 4.69) is 15.8 Å². The third kappa shape index (κ3) is 5.85. The van der Waals surface area contributed by atoms with Crippen LogP contribution < -0.4 is 21.1 Å². The van der Waals surface area contributed by atoms with Crippen molar-refractivity contribution in [3.05, 3.63) is 99.6 Å². The highest BCUT2D eigenvalue weighted by molar-refractivity contribution is 6.30. The highest BCUT2D eigenvalue weighted by Gasteiger charge is 2.10. The van der Waals surface area contributed by atoms with E-state index in [4.69, 9.17) is 16.3 Å². The van der Waals surface area contributed by atoms with Crippen molar-refractivity contribution in [2.45, 2.75) is 19.8 Å². The van der Waals surface area contributed by atoms with Crippen molar-refractivity contribution >= 4 is 34.3 Å². The van der Waals surface area contributed by atoms with Gasteiger partial charge in [0.2, 0.25) is 5.91 Å². The molecule has 0 unspecified atom stereocenters. The van der Waals surface area contributed by atoms with E-state index >= 15 is 0 Å². The average Bonchev–Trinajstić information content (AvgIpc) is 2.87. The molecule has 0 bridgehead atoms. The number of carbonyl (C=O) groups excluding carboxylic acids is 2. The number of benzene rings is 3. The Morgan fingerprint density at radius 1 is 1.03 bits per heavy atom. The van der Waals surface area contributed by atoms with Crippen LogP contribution in [0.1, 0.15) is 28.8 Å². The maximum atomic E-state index is 12.7. The molecule has 0 saturated carbocycles. The molecule has 8 nitrogen and oxygen atoms in total. The first kappa shape index (κ1) is 24.0. The summed E-state index contributed by atoms with van der Waals surface area (Å²) in [4.78, 5) is 41.4. The predicted molar refractivity (Wildman–Crippen MR) is 134 cm³/mol. The maximum Gasteiger partial charge on any atom is 0.269 e. The summed E-state index contributed by atoms with van der Waals surface area (Å²) in [5.41, 5.74) is 7.03. The fraction of sp³-hybridized carbons (Fsp3) is 0.154. The molecule has 4 aromatic rings. The van der Waals surface area contributed by atoms with Crippen molar-refractivity contribution in [1.82, 2.24) is 20.4 Å². The number of halogens is 1. The third-order valence-corrected chi connectivity index (χ3v) is 5.57. The van der Waals surface area contributed by atoms with Crippen molar-refractivity contribution in [3.8, 4) is 11.4 Å². The summed E-state index contributed by atoms with van der Waals surface area (Å²) >= 11 is 5.93. The largest absolute Gasteiger partial charge is 0.493 e. The molecule has 0 fully saturated rings. The number of ether oxygens (including phenoxy) is 1. The number of hydrogen-bond acceptors (Lipinski definition) is 5. The quantitative estimate of drug-likeness (QED) is 0.301. The van der Waals surface area contributed by atoms with E-state index in [-0.39, 0.29) is 17.9 Å². The number of hydrazine groups is 1. The van der Waals surface area contributed by atoms with Crippen molar-refractivity contribution in [3.63, 3.8) is 0 Å². The number of aromatic nitrogens is 2. The molecular weight excluding hydrogens is 468 g/mol. The zero-order valence-electron chi connectivity index (χ0n) is 19.0. The lowest BCUT2D eigenvalue weighted by Crippen LogP contribution is -2.41. The first-order valence-electron chi connectivity index (χ1n) is 11.0. The molecule has 0 atom stereocenters. The van der Waals surface area contributed by atoms with Gasteiger partial charge in [0, 0.05) is 17.0 Å². The lowest BCUT2D eigenvalue weighted by Gasteiger charge is -2.10. The number of amides is 2. The Morgan fingerprint density at radius 3 is 2.57 bits per heavy atom. The summed E-state index contributed by atoms with van der Waals surface area (Å²) in [6.45, 7) is 2.25. The van der Waals surface area contributed by atoms with E-state index < -0.39 is 5.91 Å². The summed E-state index contributed by atoms with van der Waals surface area (Å²) in [5.74, 6) is -0.0876. The van der Waals surface area contributed by atoms with E-state index in [1.807, 2.05) is 19.1 Å². The molecule has 35 heavy (non-hydrogen) atoms. The first-order chi connectivity index (χ1) is 16.9. The van der Waals surface area contributed by atoms with Crippen LogP contribution in [0.25, 0.3) is 16.6 Å². The first-order valence-corrected chi connectivity index (χ1v) is 11.3. The van der Waals surface area contributed by atoms with E-state index in [1.165, 1.54) is 10.9 Å². The number of nitrogens with one attached hydrogen (secondary N) is 2. The number of nitrogens with zero attached hydrogens (tertiary/aromatic N) is 2. The number of para-hydroxylation sites is 1. The van der Waals surface area contributed by atoms with Gasteiger partial charge in [-0.05, 0) is 73.5 Å². The van der Waals surface area contributed by atoms with Crippen LogP contribution in [0.5, 0.6) is 5.75 Å². The minimum Gasteiger partial charge on any atom is -0.493 e. The summed E-state index contributed by atoms with van der Waals surface area (Å²) < 4.78 is 7.08. The molecule has 0 aliphatic rings. The lowest BCUT2D eigenvalue weighted by atomic mass is 10.2. The SMILES string of the molecule is Cc1cc(Cl)ccc1OCCCC(=O)NNC(=O)c1ccc(-n2cnc3ccccc3c2=O)cc1. The molecule has 3 aromatic carbocycles. The van der Waals surface area contributed by atoms with Gasteiger partial charge in [-0.15, -0.1) is 0 Å². The minimum atomic E-state index is -0.470. The number of aryl methyl sites for hydroxylation is 1. The van der Waals surface area contributed by atoms with Crippen molar-refractivity contribution < 1.29 is 14.3 Å². The Labute approximate surface area is 206 Å². The van der Waals surface area contributed by atoms with Crippen LogP contribution >= 0.6 is 11.6 Å². The van der Waals surface area contributed by atoms with Gasteiger partial charge in [0.1, 0.15) is 12.1 Å². The minimum absolute atomic E-state index is 0.184. The summed E-state index contributed by atoms with van der Waals surface area (Å²) in [6.07, 6.45) is 2.12. The fourth-order valence-corrected chi connectivity index (χ4v) is 3.70. The molecule has 2 N–H and O–H groups in total. The summed E-state index contributed by atoms with van der Waals surface area (Å²) in [5, 5.41) is 1.15. The van der Waals surface area contributed by atoms with Gasteiger partial charge in [0.15, 0.2) is 0 Å². The molecule has 0 aliphatic heterocycles. The van der Waals surface area contributed by atoms with Crippen molar-refractivity contribution in [2.24, 2.45) is 0 Å². The highest BCUT2D eigenvalue weighted by Crippen LogP contribution is 2.22. The van der Waals surface area contributed by atoms with Gasteiger partial charge < -0.3 is 4.74 Å². The van der Waals surface area contributed by atoms with Gasteiger partial charge in [0.05, 0.1) is 23.2 Å². The molecule has 0 saturated heterocycles. The molecule has 4 rings (SSSR count). The molecule has 0 aliphatic carbocycles. The molecular formula is C26H23ClN4O4. The topological polar surface area (TPSA) is 102 Å². The maximum absolute atomic E-state index is 12.7. The van der Waals surface area contributed by atoms with Crippen LogP contribution in [0, 0.1) is 6.92 Å². The van der Waals surface area contributed by atoms with Crippen molar-refractivity contribution in [2.75, 3.05) is 6.61 Å². The second-order valence-corrected chi connectivity index (χ2v) is 8.28. The Morgan fingerprint density at radius 2 is 1.80 bits per heavy atom. The van der Waals surface area contributed by atoms with Crippen LogP contribution in [0.4, 0.5) is 0 Å². The molecule has 9 heteroatoms. The molecule has 0 spiro atoms. The van der Waals surface area contributed by atoms with Gasteiger partial charge in [-0.3, -0.25) is 29.8 Å². The van der Waals surface area contributed by atoms with Gasteiger partial charge in [0.25, 0.3) is 11.5 Å². The van der Waals surface area contributed by atoms with Gasteiger partial charge >= 0.3 is 0 Å². The Hall–Kier alpha value is -4.17. The van der Waals surface area contributed by atoms with Crippen molar-refractivity contribution in [1.29, 1.82) is 0 Å². The van der Waals surface area contributed by atoms with E-state index in [0.29, 0.717) is 46.0 Å². The van der Waals surface area contributed by atoms with Crippen LogP contribution in [-0.4, -0.2) is 28.0 Å². The van der Waals surface area contributed by atoms with Crippen LogP contribution in [0.3, 0.4) is 0 Å². The third-order valence-electron chi connectivity index (χ3n) is 5.33. The van der Waals surface area contributed by atoms with E-state index in [0.717, 1.165) is 5.56 Å². The fourth-order valence-electron chi connectivity index (χ4n) is 3.48. The highest BCUT2D eigenvalue weighted by atomic mass is 35.5. The van der Waals surface area contributed by atoms with E-state index in [9.17, 15) is 14.4 Å². The second-order valence-electron chi connectivity index (χ2n) is 7.85. The monoisotopic (exact) mass is 490 g/mol.